The van der Waals surface area contributed by atoms with Crippen LogP contribution >= 0.6 is 34.4 Å². The molecule has 1 saturated heterocycles. The summed E-state index contributed by atoms with van der Waals surface area (Å²) in [5.41, 5.74) is 1.89. The maximum absolute atomic E-state index is 11.7. The van der Waals surface area contributed by atoms with Crippen molar-refractivity contribution in [3.63, 3.8) is 0 Å². The Morgan fingerprint density at radius 2 is 1.96 bits per heavy atom. The molecule has 1 aliphatic rings. The van der Waals surface area contributed by atoms with Crippen molar-refractivity contribution in [2.45, 2.75) is 6.61 Å². The van der Waals surface area contributed by atoms with E-state index in [0.29, 0.717) is 23.0 Å². The number of hydrogen-bond acceptors (Lipinski definition) is 5. The molecule has 1 fully saturated rings. The Morgan fingerprint density at radius 3 is 2.60 bits per heavy atom. The summed E-state index contributed by atoms with van der Waals surface area (Å²) < 4.78 is 12.4. The molecule has 0 atom stereocenters. The first-order chi connectivity index (χ1) is 12.0. The number of halogens is 1. The van der Waals surface area contributed by atoms with E-state index < -0.39 is 0 Å². The van der Waals surface area contributed by atoms with E-state index in [1.165, 1.54) is 3.57 Å². The van der Waals surface area contributed by atoms with E-state index in [9.17, 15) is 4.79 Å². The predicted molar refractivity (Wildman–Crippen MR) is 108 cm³/mol. The fraction of sp³-hybridized carbons (Fsp3) is 0.111. The van der Waals surface area contributed by atoms with Crippen molar-refractivity contribution in [1.82, 2.24) is 5.32 Å². The van der Waals surface area contributed by atoms with Crippen molar-refractivity contribution in [2.75, 3.05) is 7.11 Å². The molecule has 0 unspecified atom stereocenters. The lowest BCUT2D eigenvalue weighted by molar-refractivity contribution is -0.115. The molecule has 1 amide bonds. The zero-order chi connectivity index (χ0) is 17.8. The summed E-state index contributed by atoms with van der Waals surface area (Å²) in [6.07, 6.45) is 1.73. The van der Waals surface area contributed by atoms with Crippen LogP contribution in [0.3, 0.4) is 0 Å². The normalized spacial score (nSPS) is 15.4. The molecule has 0 spiro atoms. The van der Waals surface area contributed by atoms with E-state index >= 15 is 0 Å². The number of benzene rings is 2. The smallest absolute Gasteiger partial charge is 0.264 e. The number of carbonyl (C=O) groups excluding carboxylic acids is 1. The first kappa shape index (κ1) is 17.8. The Labute approximate surface area is 163 Å². The molecule has 128 valence electrons. The molecule has 0 aromatic heterocycles. The lowest BCUT2D eigenvalue weighted by Gasteiger charge is -2.11. The highest BCUT2D eigenvalue weighted by Gasteiger charge is 2.22. The number of amides is 1. The molecule has 5 nitrogen and oxygen atoms in total. The van der Waals surface area contributed by atoms with E-state index in [4.69, 9.17) is 14.9 Å². The van der Waals surface area contributed by atoms with Crippen LogP contribution in [0.2, 0.25) is 0 Å². The summed E-state index contributed by atoms with van der Waals surface area (Å²) in [6, 6.07) is 13.6. The molecule has 0 bridgehead atoms. The van der Waals surface area contributed by atoms with Crippen LogP contribution in [-0.4, -0.2) is 18.2 Å². The van der Waals surface area contributed by atoms with Gasteiger partial charge in [-0.15, -0.1) is 0 Å². The first-order valence-corrected chi connectivity index (χ1v) is 9.29. The summed E-state index contributed by atoms with van der Waals surface area (Å²) in [5, 5.41) is 10.1. The van der Waals surface area contributed by atoms with Crippen molar-refractivity contribution >= 4 is 51.5 Å². The lowest BCUT2D eigenvalue weighted by Crippen LogP contribution is -2.18. The fourth-order valence-electron chi connectivity index (χ4n) is 2.23. The summed E-state index contributed by atoms with van der Waals surface area (Å²) in [4.78, 5) is 12.2. The number of methoxy groups -OCH3 is 1. The third-order valence-corrected chi connectivity index (χ3v) is 5.00. The van der Waals surface area contributed by atoms with Crippen LogP contribution < -0.4 is 14.8 Å². The second-order valence-electron chi connectivity index (χ2n) is 5.22. The van der Waals surface area contributed by atoms with Crippen LogP contribution in [0.5, 0.6) is 11.5 Å². The molecule has 2 N–H and O–H groups in total. The summed E-state index contributed by atoms with van der Waals surface area (Å²) in [6.45, 7) is 0.448. The second-order valence-corrected chi connectivity index (χ2v) is 7.52. The Hall–Kier alpha value is -2.00. The average Bonchev–Trinajstić information content (AvgIpc) is 2.92. The van der Waals surface area contributed by atoms with Gasteiger partial charge in [0.25, 0.3) is 5.91 Å². The van der Waals surface area contributed by atoms with Crippen LogP contribution in [0.25, 0.3) is 6.08 Å². The van der Waals surface area contributed by atoms with Crippen LogP contribution in [0, 0.1) is 8.98 Å². The maximum atomic E-state index is 11.7. The zero-order valence-electron chi connectivity index (χ0n) is 13.3. The van der Waals surface area contributed by atoms with Gasteiger partial charge in [0.15, 0.2) is 16.7 Å². The average molecular weight is 466 g/mol. The number of nitrogens with one attached hydrogen (secondary N) is 2. The third kappa shape index (κ3) is 4.55. The highest BCUT2D eigenvalue weighted by Crippen LogP contribution is 2.31. The molecule has 1 heterocycles. The molecule has 25 heavy (non-hydrogen) atoms. The van der Waals surface area contributed by atoms with E-state index in [-0.39, 0.29) is 11.1 Å². The topological polar surface area (TPSA) is 71.4 Å². The Bertz CT molecular complexity index is 850. The van der Waals surface area contributed by atoms with Crippen molar-refractivity contribution in [3.8, 4) is 11.5 Å². The molecule has 7 heteroatoms. The highest BCUT2D eigenvalue weighted by molar-refractivity contribution is 14.1. The number of rotatable bonds is 5. The number of thioether (sulfide) groups is 1. The largest absolute Gasteiger partial charge is 0.493 e. The van der Waals surface area contributed by atoms with Crippen molar-refractivity contribution < 1.29 is 14.3 Å². The number of carbonyl (C=O) groups is 1. The van der Waals surface area contributed by atoms with Gasteiger partial charge >= 0.3 is 0 Å². The molecule has 1 aliphatic heterocycles. The van der Waals surface area contributed by atoms with Crippen molar-refractivity contribution in [2.24, 2.45) is 0 Å². The van der Waals surface area contributed by atoms with E-state index in [1.807, 2.05) is 42.5 Å². The maximum Gasteiger partial charge on any atom is 0.264 e. The lowest BCUT2D eigenvalue weighted by atomic mass is 10.2. The quantitative estimate of drug-likeness (QED) is 0.516. The summed E-state index contributed by atoms with van der Waals surface area (Å²) in [7, 11) is 1.58. The molecule has 0 aliphatic carbocycles. The van der Waals surface area contributed by atoms with Crippen LogP contribution in [-0.2, 0) is 11.4 Å². The van der Waals surface area contributed by atoms with E-state index in [2.05, 4.69) is 27.9 Å². The number of hydrogen-bond donors (Lipinski definition) is 2. The SMILES string of the molecule is COc1cc(/C=C2/SC(=N)NC2=O)ccc1OCc1ccc(I)cc1. The van der Waals surface area contributed by atoms with Crippen molar-refractivity contribution in [1.29, 1.82) is 5.41 Å². The van der Waals surface area contributed by atoms with Gasteiger partial charge in [0.1, 0.15) is 6.61 Å². The van der Waals surface area contributed by atoms with Crippen molar-refractivity contribution in [3.05, 3.63) is 62.1 Å². The monoisotopic (exact) mass is 466 g/mol. The van der Waals surface area contributed by atoms with E-state index in [1.54, 1.807) is 13.2 Å². The molecule has 2 aromatic rings. The summed E-state index contributed by atoms with van der Waals surface area (Å²) >= 11 is 3.37. The van der Waals surface area contributed by atoms with Gasteiger partial charge in [-0.05, 0) is 75.8 Å². The Morgan fingerprint density at radius 1 is 1.20 bits per heavy atom. The van der Waals surface area contributed by atoms with Gasteiger partial charge in [-0.2, -0.15) is 0 Å². The van der Waals surface area contributed by atoms with Gasteiger partial charge in [-0.3, -0.25) is 10.2 Å². The molecular weight excluding hydrogens is 451 g/mol. The number of amidine groups is 1. The van der Waals surface area contributed by atoms with Gasteiger partial charge in [-0.25, -0.2) is 0 Å². The zero-order valence-corrected chi connectivity index (χ0v) is 16.3. The van der Waals surface area contributed by atoms with E-state index in [0.717, 1.165) is 22.9 Å². The van der Waals surface area contributed by atoms with Gasteiger partial charge in [0, 0.05) is 3.57 Å². The minimum Gasteiger partial charge on any atom is -0.493 e. The van der Waals surface area contributed by atoms with Gasteiger partial charge in [-0.1, -0.05) is 18.2 Å². The van der Waals surface area contributed by atoms with Gasteiger partial charge in [0.2, 0.25) is 0 Å². The Balaban J connectivity index is 1.75. The molecule has 3 rings (SSSR count). The number of ether oxygens (including phenoxy) is 2. The molecule has 2 aromatic carbocycles. The van der Waals surface area contributed by atoms with Crippen LogP contribution in [0.4, 0.5) is 0 Å². The molecular formula is C18H15IN2O3S. The van der Waals surface area contributed by atoms with Crippen LogP contribution in [0.1, 0.15) is 11.1 Å². The highest BCUT2D eigenvalue weighted by atomic mass is 127. The van der Waals surface area contributed by atoms with Crippen LogP contribution in [0.15, 0.2) is 47.4 Å². The fourth-order valence-corrected chi connectivity index (χ4v) is 3.29. The molecule has 0 saturated carbocycles. The summed E-state index contributed by atoms with van der Waals surface area (Å²) in [5.74, 6) is 0.978. The Kier molecular flexibility index (Phi) is 5.64. The molecule has 0 radical (unpaired) electrons. The minimum atomic E-state index is -0.256. The minimum absolute atomic E-state index is 0.140. The first-order valence-electron chi connectivity index (χ1n) is 7.40. The second kappa shape index (κ2) is 7.92. The van der Waals surface area contributed by atoms with Gasteiger partial charge < -0.3 is 14.8 Å². The standard InChI is InChI=1S/C18H15IN2O3S/c1-23-15-8-12(9-16-17(22)21-18(20)25-16)4-7-14(15)24-10-11-2-5-13(19)6-3-11/h2-9H,10H2,1H3,(H2,20,21,22)/b16-9+. The van der Waals surface area contributed by atoms with Gasteiger partial charge in [0.05, 0.1) is 12.0 Å². The predicted octanol–water partition coefficient (Wildman–Crippen LogP) is 4.02. The third-order valence-electron chi connectivity index (χ3n) is 3.46.